The van der Waals surface area contributed by atoms with Crippen molar-refractivity contribution in [3.8, 4) is 17.2 Å². The van der Waals surface area contributed by atoms with Gasteiger partial charge in [0.05, 0.1) is 26.9 Å². The number of aromatic nitrogens is 4. The normalized spacial score (nSPS) is 13.6. The molecule has 34 heavy (non-hydrogen) atoms. The number of nitrogens with one attached hydrogen (secondary N) is 1. The standard InChI is InChI=1S/C24H30N6O4/c1-32-19-14-21(34-3)20(33-2)13-18(19)16-29-10-7-23-28-27-22(30(23)12-11-29)6-9-26-24(31)17-5-4-8-25-15-17/h4-5,8,13-15H,6-7,9-12,16H2,1-3H3,(H,26,31). The Morgan fingerprint density at radius 3 is 2.56 bits per heavy atom. The Morgan fingerprint density at radius 1 is 1.03 bits per heavy atom. The lowest BCUT2D eigenvalue weighted by molar-refractivity contribution is 0.0953. The smallest absolute Gasteiger partial charge is 0.252 e. The number of hydrogen-bond acceptors (Lipinski definition) is 8. The molecule has 10 nitrogen and oxygen atoms in total. The van der Waals surface area contributed by atoms with Crippen molar-refractivity contribution in [1.29, 1.82) is 0 Å². The van der Waals surface area contributed by atoms with Crippen molar-refractivity contribution in [3.05, 3.63) is 59.4 Å². The molecule has 0 atom stereocenters. The third kappa shape index (κ3) is 5.28. The first kappa shape index (κ1) is 23.5. The van der Waals surface area contributed by atoms with Gasteiger partial charge in [-0.05, 0) is 18.2 Å². The number of carbonyl (C=O) groups is 1. The van der Waals surface area contributed by atoms with E-state index in [1.54, 1.807) is 45.9 Å². The zero-order chi connectivity index (χ0) is 23.9. The fraction of sp³-hybridized carbons (Fsp3) is 0.417. The summed E-state index contributed by atoms with van der Waals surface area (Å²) in [6.07, 6.45) is 4.61. The van der Waals surface area contributed by atoms with Crippen LogP contribution >= 0.6 is 0 Å². The zero-order valence-corrected chi connectivity index (χ0v) is 19.8. The highest BCUT2D eigenvalue weighted by Crippen LogP contribution is 2.35. The van der Waals surface area contributed by atoms with E-state index in [1.165, 1.54) is 0 Å². The Kier molecular flexibility index (Phi) is 7.58. The van der Waals surface area contributed by atoms with Gasteiger partial charge in [0.1, 0.15) is 17.4 Å². The molecular weight excluding hydrogens is 436 g/mol. The number of pyridine rings is 1. The first-order chi connectivity index (χ1) is 16.6. The predicted molar refractivity (Wildman–Crippen MR) is 125 cm³/mol. The second-order valence-electron chi connectivity index (χ2n) is 7.98. The van der Waals surface area contributed by atoms with E-state index >= 15 is 0 Å². The molecule has 1 aliphatic rings. The molecule has 0 aliphatic carbocycles. The van der Waals surface area contributed by atoms with Crippen LogP contribution in [0.2, 0.25) is 0 Å². The molecule has 3 heterocycles. The van der Waals surface area contributed by atoms with E-state index in [4.69, 9.17) is 14.2 Å². The lowest BCUT2D eigenvalue weighted by Crippen LogP contribution is -2.28. The lowest BCUT2D eigenvalue weighted by atomic mass is 10.1. The van der Waals surface area contributed by atoms with Crippen LogP contribution < -0.4 is 19.5 Å². The minimum Gasteiger partial charge on any atom is -0.496 e. The summed E-state index contributed by atoms with van der Waals surface area (Å²) in [7, 11) is 4.91. The second kappa shape index (κ2) is 11.0. The number of carbonyl (C=O) groups excluding carboxylic acids is 1. The fourth-order valence-electron chi connectivity index (χ4n) is 4.11. The van der Waals surface area contributed by atoms with Crippen LogP contribution in [0.1, 0.15) is 27.6 Å². The quantitative estimate of drug-likeness (QED) is 0.509. The highest BCUT2D eigenvalue weighted by Gasteiger charge is 2.21. The number of hydrogen-bond donors (Lipinski definition) is 1. The molecule has 2 aromatic heterocycles. The van der Waals surface area contributed by atoms with Crippen LogP contribution in [0.3, 0.4) is 0 Å². The molecule has 0 unspecified atom stereocenters. The molecule has 0 spiro atoms. The van der Waals surface area contributed by atoms with E-state index in [9.17, 15) is 4.79 Å². The molecule has 1 amide bonds. The van der Waals surface area contributed by atoms with E-state index in [1.807, 2.05) is 12.1 Å². The van der Waals surface area contributed by atoms with Gasteiger partial charge in [-0.2, -0.15) is 0 Å². The van der Waals surface area contributed by atoms with Gasteiger partial charge in [0.15, 0.2) is 11.5 Å². The van der Waals surface area contributed by atoms with Gasteiger partial charge in [-0.3, -0.25) is 14.7 Å². The summed E-state index contributed by atoms with van der Waals surface area (Å²) in [5.41, 5.74) is 1.58. The zero-order valence-electron chi connectivity index (χ0n) is 19.8. The number of methoxy groups -OCH3 is 3. The van der Waals surface area contributed by atoms with Crippen LogP contribution in [-0.2, 0) is 25.9 Å². The molecule has 180 valence electrons. The SMILES string of the molecule is COc1cc(OC)c(OC)cc1CN1CCc2nnc(CCNC(=O)c3cccnc3)n2CC1. The number of amides is 1. The maximum absolute atomic E-state index is 12.2. The number of ether oxygens (including phenoxy) is 3. The number of nitrogens with zero attached hydrogens (tertiary/aromatic N) is 5. The molecule has 0 saturated heterocycles. The molecule has 4 rings (SSSR count). The average molecular weight is 467 g/mol. The van der Waals surface area contributed by atoms with Crippen LogP contribution in [0.15, 0.2) is 36.7 Å². The molecule has 0 bridgehead atoms. The van der Waals surface area contributed by atoms with E-state index in [0.717, 1.165) is 55.6 Å². The van der Waals surface area contributed by atoms with Gasteiger partial charge in [-0.1, -0.05) is 0 Å². The second-order valence-corrected chi connectivity index (χ2v) is 7.98. The Morgan fingerprint density at radius 2 is 1.82 bits per heavy atom. The van der Waals surface area contributed by atoms with Crippen molar-refractivity contribution in [1.82, 2.24) is 30.0 Å². The van der Waals surface area contributed by atoms with Gasteiger partial charge in [0, 0.05) is 69.6 Å². The van der Waals surface area contributed by atoms with Crippen LogP contribution in [0, 0.1) is 0 Å². The minimum absolute atomic E-state index is 0.140. The Balaban J connectivity index is 1.37. The van der Waals surface area contributed by atoms with Crippen molar-refractivity contribution in [2.75, 3.05) is 41.0 Å². The van der Waals surface area contributed by atoms with Crippen LogP contribution in [0.25, 0.3) is 0 Å². The third-order valence-corrected chi connectivity index (χ3v) is 5.93. The molecule has 1 aromatic carbocycles. The third-order valence-electron chi connectivity index (χ3n) is 5.93. The largest absolute Gasteiger partial charge is 0.496 e. The van der Waals surface area contributed by atoms with Crippen molar-refractivity contribution >= 4 is 5.91 Å². The molecule has 1 N–H and O–H groups in total. The van der Waals surface area contributed by atoms with E-state index < -0.39 is 0 Å². The highest BCUT2D eigenvalue weighted by atomic mass is 16.5. The molecule has 3 aromatic rings. The van der Waals surface area contributed by atoms with Crippen molar-refractivity contribution < 1.29 is 19.0 Å². The first-order valence-electron chi connectivity index (χ1n) is 11.2. The van der Waals surface area contributed by atoms with Crippen LogP contribution in [-0.4, -0.2) is 71.5 Å². The molecule has 0 radical (unpaired) electrons. The molecule has 0 fully saturated rings. The maximum Gasteiger partial charge on any atom is 0.252 e. The average Bonchev–Trinajstić information content (AvgIpc) is 3.15. The monoisotopic (exact) mass is 466 g/mol. The number of rotatable bonds is 9. The molecule has 10 heteroatoms. The predicted octanol–water partition coefficient (Wildman–Crippen LogP) is 1.73. The molecule has 0 saturated carbocycles. The number of benzene rings is 1. The Bertz CT molecular complexity index is 1120. The van der Waals surface area contributed by atoms with E-state index in [0.29, 0.717) is 30.0 Å². The van der Waals surface area contributed by atoms with Gasteiger partial charge in [0.25, 0.3) is 5.91 Å². The summed E-state index contributed by atoms with van der Waals surface area (Å²) < 4.78 is 18.6. The van der Waals surface area contributed by atoms with Gasteiger partial charge >= 0.3 is 0 Å². The summed E-state index contributed by atoms with van der Waals surface area (Å²) in [5.74, 6) is 3.80. The number of fused-ring (bicyclic) bond motifs is 1. The van der Waals surface area contributed by atoms with Crippen LogP contribution in [0.4, 0.5) is 0 Å². The van der Waals surface area contributed by atoms with Crippen molar-refractivity contribution in [2.45, 2.75) is 25.9 Å². The van der Waals surface area contributed by atoms with Gasteiger partial charge in [-0.25, -0.2) is 0 Å². The first-order valence-corrected chi connectivity index (χ1v) is 11.2. The lowest BCUT2D eigenvalue weighted by Gasteiger charge is -2.22. The maximum atomic E-state index is 12.2. The molecular formula is C24H30N6O4. The van der Waals surface area contributed by atoms with Gasteiger partial charge in [-0.15, -0.1) is 10.2 Å². The highest BCUT2D eigenvalue weighted by molar-refractivity contribution is 5.93. The Hall–Kier alpha value is -3.66. The topological polar surface area (TPSA) is 104 Å². The fourth-order valence-corrected chi connectivity index (χ4v) is 4.11. The summed E-state index contributed by atoms with van der Waals surface area (Å²) in [4.78, 5) is 18.6. The summed E-state index contributed by atoms with van der Waals surface area (Å²) in [6.45, 7) is 3.69. The summed E-state index contributed by atoms with van der Waals surface area (Å²) in [5, 5.41) is 11.7. The van der Waals surface area contributed by atoms with Gasteiger partial charge < -0.3 is 24.1 Å². The summed E-state index contributed by atoms with van der Waals surface area (Å²) >= 11 is 0. The minimum atomic E-state index is -0.140. The van der Waals surface area contributed by atoms with E-state index in [2.05, 4.69) is 30.0 Å². The molecule has 1 aliphatic heterocycles. The van der Waals surface area contributed by atoms with Crippen LogP contribution in [0.5, 0.6) is 17.2 Å². The van der Waals surface area contributed by atoms with Crippen molar-refractivity contribution in [2.24, 2.45) is 0 Å². The Labute approximate surface area is 198 Å². The summed E-state index contributed by atoms with van der Waals surface area (Å²) in [6, 6.07) is 7.32. The van der Waals surface area contributed by atoms with Crippen molar-refractivity contribution in [3.63, 3.8) is 0 Å². The van der Waals surface area contributed by atoms with Gasteiger partial charge in [0.2, 0.25) is 0 Å². The van der Waals surface area contributed by atoms with E-state index in [-0.39, 0.29) is 5.91 Å².